The molecule has 0 unspecified atom stereocenters. The summed E-state index contributed by atoms with van der Waals surface area (Å²) in [5.74, 6) is 1.44. The number of aromatic nitrogens is 3. The van der Waals surface area contributed by atoms with Gasteiger partial charge in [0.15, 0.2) is 5.65 Å². The average molecular weight is 449 g/mol. The summed E-state index contributed by atoms with van der Waals surface area (Å²) in [6.45, 7) is 0.463. The van der Waals surface area contributed by atoms with E-state index in [0.717, 1.165) is 54.0 Å². The van der Waals surface area contributed by atoms with E-state index in [9.17, 15) is 5.11 Å². The molecule has 2 heterocycles. The molecule has 0 amide bonds. The molecule has 6 nitrogen and oxygen atoms in total. The predicted octanol–water partition coefficient (Wildman–Crippen LogP) is 5.34. The number of aliphatic hydroxyl groups is 1. The van der Waals surface area contributed by atoms with E-state index in [0.29, 0.717) is 23.4 Å². The standard InChI is InChI=1S/C25H25ClN4O2/c26-21-14-18(6-11-23(21)32-16-17-4-2-1-3-5-17)22-15-27-25-13-12-24(29-30(22)25)28-19-7-9-20(31)10-8-19/h1-6,11-15,19-20,31H,7-10,16H2,(H,28,29)/t19-,20-. The van der Waals surface area contributed by atoms with Crippen molar-refractivity contribution >= 4 is 23.1 Å². The third kappa shape index (κ3) is 4.56. The lowest BCUT2D eigenvalue weighted by Gasteiger charge is -2.26. The van der Waals surface area contributed by atoms with Gasteiger partial charge < -0.3 is 15.2 Å². The van der Waals surface area contributed by atoms with E-state index in [1.54, 1.807) is 6.20 Å². The lowest BCUT2D eigenvalue weighted by Crippen LogP contribution is -2.28. The summed E-state index contributed by atoms with van der Waals surface area (Å²) in [5.41, 5.74) is 3.63. The van der Waals surface area contributed by atoms with Crippen molar-refractivity contribution in [3.8, 4) is 17.0 Å². The fourth-order valence-electron chi connectivity index (χ4n) is 4.09. The molecule has 1 aliphatic rings. The van der Waals surface area contributed by atoms with E-state index in [-0.39, 0.29) is 6.10 Å². The highest BCUT2D eigenvalue weighted by Gasteiger charge is 2.20. The number of nitrogens with zero attached hydrogens (tertiary/aromatic N) is 3. The highest BCUT2D eigenvalue weighted by atomic mass is 35.5. The maximum atomic E-state index is 9.73. The van der Waals surface area contributed by atoms with Gasteiger partial charge in [0.05, 0.1) is 23.0 Å². The molecule has 1 aliphatic carbocycles. The molecule has 2 aromatic carbocycles. The van der Waals surface area contributed by atoms with Gasteiger partial charge in [-0.1, -0.05) is 41.9 Å². The minimum atomic E-state index is -0.173. The van der Waals surface area contributed by atoms with Crippen molar-refractivity contribution in [1.82, 2.24) is 14.6 Å². The first-order chi connectivity index (χ1) is 15.7. The summed E-state index contributed by atoms with van der Waals surface area (Å²) in [4.78, 5) is 4.49. The van der Waals surface area contributed by atoms with Crippen molar-refractivity contribution in [2.45, 2.75) is 44.4 Å². The van der Waals surface area contributed by atoms with E-state index < -0.39 is 0 Å². The molecular weight excluding hydrogens is 424 g/mol. The third-order valence-corrected chi connectivity index (χ3v) is 6.17. The first kappa shape index (κ1) is 20.8. The van der Waals surface area contributed by atoms with Crippen LogP contribution < -0.4 is 10.1 Å². The Balaban J connectivity index is 1.35. The van der Waals surface area contributed by atoms with Gasteiger partial charge in [0, 0.05) is 11.6 Å². The predicted molar refractivity (Wildman–Crippen MR) is 126 cm³/mol. The van der Waals surface area contributed by atoms with Crippen LogP contribution in [0.1, 0.15) is 31.2 Å². The molecule has 2 aromatic heterocycles. The van der Waals surface area contributed by atoms with Crippen LogP contribution in [0.4, 0.5) is 5.82 Å². The van der Waals surface area contributed by atoms with Crippen molar-refractivity contribution in [3.63, 3.8) is 0 Å². The van der Waals surface area contributed by atoms with Crippen LogP contribution in [0.25, 0.3) is 16.9 Å². The smallest absolute Gasteiger partial charge is 0.154 e. The second-order valence-corrected chi connectivity index (χ2v) is 8.61. The Labute approximate surface area is 191 Å². The molecule has 5 rings (SSSR count). The molecule has 0 spiro atoms. The van der Waals surface area contributed by atoms with Crippen molar-refractivity contribution in [3.05, 3.63) is 77.4 Å². The number of ether oxygens (including phenoxy) is 1. The number of aliphatic hydroxyl groups excluding tert-OH is 1. The fraction of sp³-hybridized carbons (Fsp3) is 0.280. The van der Waals surface area contributed by atoms with Gasteiger partial charge in [-0.2, -0.15) is 0 Å². The molecule has 2 N–H and O–H groups in total. The highest BCUT2D eigenvalue weighted by Crippen LogP contribution is 2.31. The van der Waals surface area contributed by atoms with Crippen molar-refractivity contribution in [2.24, 2.45) is 0 Å². The molecule has 0 atom stereocenters. The molecule has 7 heteroatoms. The summed E-state index contributed by atoms with van der Waals surface area (Å²) in [5, 5.41) is 18.5. The Morgan fingerprint density at radius 1 is 1.03 bits per heavy atom. The zero-order valence-corrected chi connectivity index (χ0v) is 18.4. The molecule has 0 saturated heterocycles. The van der Waals surface area contributed by atoms with Gasteiger partial charge in [0.25, 0.3) is 0 Å². The Bertz CT molecular complexity index is 1200. The zero-order valence-electron chi connectivity index (χ0n) is 17.6. The topological polar surface area (TPSA) is 71.7 Å². The van der Waals surface area contributed by atoms with Crippen LogP contribution in [-0.2, 0) is 6.61 Å². The van der Waals surface area contributed by atoms with Crippen LogP contribution in [-0.4, -0.2) is 31.9 Å². The number of benzene rings is 2. The van der Waals surface area contributed by atoms with Crippen LogP contribution in [0.3, 0.4) is 0 Å². The summed E-state index contributed by atoms with van der Waals surface area (Å²) in [6, 6.07) is 20.0. The first-order valence-electron chi connectivity index (χ1n) is 10.9. The van der Waals surface area contributed by atoms with E-state index in [1.807, 2.05) is 65.2 Å². The number of rotatable bonds is 6. The second kappa shape index (κ2) is 9.18. The quantitative estimate of drug-likeness (QED) is 0.416. The van der Waals surface area contributed by atoms with Gasteiger partial charge in [0.2, 0.25) is 0 Å². The lowest BCUT2D eigenvalue weighted by molar-refractivity contribution is 0.126. The van der Waals surface area contributed by atoms with Crippen LogP contribution in [0.15, 0.2) is 66.9 Å². The maximum Gasteiger partial charge on any atom is 0.154 e. The molecule has 1 saturated carbocycles. The van der Waals surface area contributed by atoms with E-state index in [4.69, 9.17) is 21.4 Å². The van der Waals surface area contributed by atoms with Gasteiger partial charge in [-0.25, -0.2) is 9.50 Å². The first-order valence-corrected chi connectivity index (χ1v) is 11.3. The molecule has 0 radical (unpaired) electrons. The number of nitrogens with one attached hydrogen (secondary N) is 1. The monoisotopic (exact) mass is 448 g/mol. The Morgan fingerprint density at radius 3 is 2.62 bits per heavy atom. The summed E-state index contributed by atoms with van der Waals surface area (Å²) in [7, 11) is 0. The van der Waals surface area contributed by atoms with Gasteiger partial charge in [-0.15, -0.1) is 5.10 Å². The van der Waals surface area contributed by atoms with E-state index in [2.05, 4.69) is 10.3 Å². The van der Waals surface area contributed by atoms with Crippen LogP contribution in [0, 0.1) is 0 Å². The van der Waals surface area contributed by atoms with Crippen molar-refractivity contribution < 1.29 is 9.84 Å². The normalized spacial score (nSPS) is 18.6. The SMILES string of the molecule is O[C@H]1CC[C@H](Nc2ccc3ncc(-c4ccc(OCc5ccccc5)c(Cl)c4)n3n2)CC1. The Hall–Kier alpha value is -3.09. The molecular formula is C25H25ClN4O2. The average Bonchev–Trinajstić information content (AvgIpc) is 3.24. The van der Waals surface area contributed by atoms with Crippen LogP contribution >= 0.6 is 11.6 Å². The summed E-state index contributed by atoms with van der Waals surface area (Å²) < 4.78 is 7.73. The third-order valence-electron chi connectivity index (χ3n) is 5.88. The number of imidazole rings is 1. The molecule has 4 aromatic rings. The molecule has 0 aliphatic heterocycles. The highest BCUT2D eigenvalue weighted by molar-refractivity contribution is 6.32. The Morgan fingerprint density at radius 2 is 1.84 bits per heavy atom. The number of fused-ring (bicyclic) bond motifs is 1. The van der Waals surface area contributed by atoms with E-state index >= 15 is 0 Å². The van der Waals surface area contributed by atoms with Crippen LogP contribution in [0.5, 0.6) is 5.75 Å². The fourth-order valence-corrected chi connectivity index (χ4v) is 4.32. The summed E-state index contributed by atoms with van der Waals surface area (Å²) >= 11 is 6.53. The molecule has 164 valence electrons. The van der Waals surface area contributed by atoms with Gasteiger partial charge in [-0.05, 0) is 61.6 Å². The number of hydrogen-bond acceptors (Lipinski definition) is 5. The minimum absolute atomic E-state index is 0.173. The largest absolute Gasteiger partial charge is 0.487 e. The molecule has 1 fully saturated rings. The minimum Gasteiger partial charge on any atom is -0.487 e. The van der Waals surface area contributed by atoms with Crippen LogP contribution in [0.2, 0.25) is 5.02 Å². The van der Waals surface area contributed by atoms with Gasteiger partial charge in [0.1, 0.15) is 18.2 Å². The number of hydrogen-bond donors (Lipinski definition) is 2. The lowest BCUT2D eigenvalue weighted by atomic mass is 9.93. The van der Waals surface area contributed by atoms with Crippen molar-refractivity contribution in [2.75, 3.05) is 5.32 Å². The van der Waals surface area contributed by atoms with Gasteiger partial charge in [-0.3, -0.25) is 0 Å². The molecule has 32 heavy (non-hydrogen) atoms. The second-order valence-electron chi connectivity index (χ2n) is 8.20. The van der Waals surface area contributed by atoms with E-state index in [1.165, 1.54) is 0 Å². The van der Waals surface area contributed by atoms with Gasteiger partial charge >= 0.3 is 0 Å². The number of halogens is 1. The number of anilines is 1. The Kier molecular flexibility index (Phi) is 5.97. The maximum absolute atomic E-state index is 9.73. The van der Waals surface area contributed by atoms with Crippen molar-refractivity contribution in [1.29, 1.82) is 0 Å². The summed E-state index contributed by atoms with van der Waals surface area (Å²) in [6.07, 6.45) is 5.17. The zero-order chi connectivity index (χ0) is 21.9. The molecule has 0 bridgehead atoms.